The van der Waals surface area contributed by atoms with E-state index in [9.17, 15) is 0 Å². The van der Waals surface area contributed by atoms with Crippen molar-refractivity contribution in [2.45, 2.75) is 51.9 Å². The molecule has 1 aromatic rings. The second-order valence-corrected chi connectivity index (χ2v) is 6.37. The number of anilines is 1. The van der Waals surface area contributed by atoms with Crippen molar-refractivity contribution in [2.24, 2.45) is 0 Å². The maximum Gasteiger partial charge on any atom is 0.170 e. The van der Waals surface area contributed by atoms with E-state index in [2.05, 4.69) is 36.6 Å². The third-order valence-electron chi connectivity index (χ3n) is 3.45. The van der Waals surface area contributed by atoms with Crippen LogP contribution in [0.4, 0.5) is 5.69 Å². The Morgan fingerprint density at radius 2 is 2.27 bits per heavy atom. The molecule has 4 nitrogen and oxygen atoms in total. The summed E-state index contributed by atoms with van der Waals surface area (Å²) in [7, 11) is 0. The van der Waals surface area contributed by atoms with Crippen LogP contribution in [0.15, 0.2) is 24.3 Å². The quantitative estimate of drug-likeness (QED) is 0.785. The minimum absolute atomic E-state index is 0.262. The fourth-order valence-corrected chi connectivity index (χ4v) is 2.77. The molecule has 122 valence electrons. The van der Waals surface area contributed by atoms with Gasteiger partial charge in [0.1, 0.15) is 0 Å². The fraction of sp³-hybridized carbons (Fsp3) is 0.588. The highest BCUT2D eigenvalue weighted by molar-refractivity contribution is 7.80. The molecule has 0 aliphatic carbocycles. The van der Waals surface area contributed by atoms with Crippen LogP contribution in [0, 0.1) is 0 Å². The van der Waals surface area contributed by atoms with Crippen LogP contribution in [0.25, 0.3) is 0 Å². The lowest BCUT2D eigenvalue weighted by Crippen LogP contribution is -2.33. The molecule has 0 aromatic heterocycles. The van der Waals surface area contributed by atoms with Crippen molar-refractivity contribution in [2.75, 3.05) is 18.5 Å². The summed E-state index contributed by atoms with van der Waals surface area (Å²) in [6.07, 6.45) is 3.79. The molecular formula is C17H26N2O2S. The number of hydrogen-bond donors (Lipinski definition) is 2. The first-order valence-corrected chi connectivity index (χ1v) is 8.40. The van der Waals surface area contributed by atoms with Crippen molar-refractivity contribution in [1.82, 2.24) is 5.32 Å². The average molecular weight is 322 g/mol. The molecule has 0 amide bonds. The summed E-state index contributed by atoms with van der Waals surface area (Å²) in [6, 6.07) is 8.46. The summed E-state index contributed by atoms with van der Waals surface area (Å²) in [5.74, 6) is 0. The van der Waals surface area contributed by atoms with E-state index in [1.807, 2.05) is 12.1 Å². The monoisotopic (exact) mass is 322 g/mol. The van der Waals surface area contributed by atoms with E-state index in [1.54, 1.807) is 0 Å². The third kappa shape index (κ3) is 6.30. The zero-order valence-corrected chi connectivity index (χ0v) is 14.2. The van der Waals surface area contributed by atoms with Gasteiger partial charge in [0.25, 0.3) is 0 Å². The van der Waals surface area contributed by atoms with Crippen molar-refractivity contribution < 1.29 is 9.47 Å². The average Bonchev–Trinajstić information content (AvgIpc) is 2.48. The highest BCUT2D eigenvalue weighted by Gasteiger charge is 2.13. The van der Waals surface area contributed by atoms with Gasteiger partial charge >= 0.3 is 0 Å². The normalized spacial score (nSPS) is 18.2. The highest BCUT2D eigenvalue weighted by atomic mass is 32.1. The van der Waals surface area contributed by atoms with E-state index >= 15 is 0 Å². The van der Waals surface area contributed by atoms with Gasteiger partial charge in [0.15, 0.2) is 5.11 Å². The molecule has 2 N–H and O–H groups in total. The topological polar surface area (TPSA) is 42.5 Å². The molecule has 5 heteroatoms. The van der Waals surface area contributed by atoms with Crippen molar-refractivity contribution >= 4 is 23.0 Å². The molecular weight excluding hydrogens is 296 g/mol. The number of benzene rings is 1. The van der Waals surface area contributed by atoms with Crippen molar-refractivity contribution in [3.8, 4) is 0 Å². The Balaban J connectivity index is 1.76. The zero-order valence-electron chi connectivity index (χ0n) is 13.4. The highest BCUT2D eigenvalue weighted by Crippen LogP contribution is 2.15. The molecule has 1 heterocycles. The Morgan fingerprint density at radius 3 is 3.00 bits per heavy atom. The number of thiocarbonyl (C=S) groups is 1. The second-order valence-electron chi connectivity index (χ2n) is 5.96. The van der Waals surface area contributed by atoms with Gasteiger partial charge in [0, 0.05) is 18.3 Å². The van der Waals surface area contributed by atoms with Crippen molar-refractivity contribution in [1.29, 1.82) is 0 Å². The second kappa shape index (κ2) is 9.08. The van der Waals surface area contributed by atoms with E-state index in [1.165, 1.54) is 12.8 Å². The summed E-state index contributed by atoms with van der Waals surface area (Å²) in [4.78, 5) is 0. The Morgan fingerprint density at radius 1 is 1.41 bits per heavy atom. The molecule has 1 aliphatic heterocycles. The predicted octanol–water partition coefficient (Wildman–Crippen LogP) is 3.47. The van der Waals surface area contributed by atoms with Crippen LogP contribution in [0.5, 0.6) is 0 Å². The van der Waals surface area contributed by atoms with Crippen molar-refractivity contribution in [3.63, 3.8) is 0 Å². The maximum absolute atomic E-state index is 5.78. The molecule has 1 fully saturated rings. The minimum atomic E-state index is 0.262. The molecule has 0 saturated carbocycles. The standard InChI is InChI=1S/C17H26N2O2S/c1-13(2)18-17(22)19-15-7-5-6-14(10-15)11-20-12-16-8-3-4-9-21-16/h5-7,10,13,16H,3-4,8-9,11-12H2,1-2H3,(H2,18,19,22). The SMILES string of the molecule is CC(C)NC(=S)Nc1cccc(COCC2CCCCO2)c1. The number of ether oxygens (including phenoxy) is 2. The molecule has 0 spiro atoms. The Hall–Kier alpha value is -1.17. The van der Waals surface area contributed by atoms with Crippen LogP contribution in [-0.4, -0.2) is 30.5 Å². The van der Waals surface area contributed by atoms with Crippen molar-refractivity contribution in [3.05, 3.63) is 29.8 Å². The van der Waals surface area contributed by atoms with Gasteiger partial charge in [-0.05, 0) is 63.0 Å². The van der Waals surface area contributed by atoms with Crippen LogP contribution >= 0.6 is 12.2 Å². The first-order valence-electron chi connectivity index (χ1n) is 7.99. The smallest absolute Gasteiger partial charge is 0.170 e. The lowest BCUT2D eigenvalue weighted by molar-refractivity contribution is -0.0447. The lowest BCUT2D eigenvalue weighted by Gasteiger charge is -2.22. The lowest BCUT2D eigenvalue weighted by atomic mass is 10.1. The zero-order chi connectivity index (χ0) is 15.8. The van der Waals surface area contributed by atoms with E-state index in [0.717, 1.165) is 24.3 Å². The molecule has 1 aromatic carbocycles. The van der Waals surface area contributed by atoms with Crippen LogP contribution in [0.3, 0.4) is 0 Å². The minimum Gasteiger partial charge on any atom is -0.376 e. The van der Waals surface area contributed by atoms with E-state index in [4.69, 9.17) is 21.7 Å². The summed E-state index contributed by atoms with van der Waals surface area (Å²) in [5.41, 5.74) is 2.11. The number of hydrogen-bond acceptors (Lipinski definition) is 3. The molecule has 1 unspecified atom stereocenters. The Labute approximate surface area is 138 Å². The summed E-state index contributed by atoms with van der Waals surface area (Å²) < 4.78 is 11.4. The molecule has 1 atom stereocenters. The first kappa shape index (κ1) is 17.2. The van der Waals surface area contributed by atoms with Crippen LogP contribution in [0.2, 0.25) is 0 Å². The maximum atomic E-state index is 5.78. The number of rotatable bonds is 6. The molecule has 2 rings (SSSR count). The van der Waals surface area contributed by atoms with Gasteiger partial charge in [-0.3, -0.25) is 0 Å². The molecule has 1 aliphatic rings. The van der Waals surface area contributed by atoms with Gasteiger partial charge in [-0.2, -0.15) is 0 Å². The van der Waals surface area contributed by atoms with Crippen LogP contribution in [-0.2, 0) is 16.1 Å². The number of nitrogens with one attached hydrogen (secondary N) is 2. The summed E-state index contributed by atoms with van der Waals surface area (Å²) in [6.45, 7) is 6.26. The van der Waals surface area contributed by atoms with Gasteiger partial charge < -0.3 is 20.1 Å². The van der Waals surface area contributed by atoms with E-state index < -0.39 is 0 Å². The molecule has 0 radical (unpaired) electrons. The summed E-state index contributed by atoms with van der Waals surface area (Å²) in [5, 5.41) is 7.01. The van der Waals surface area contributed by atoms with E-state index in [-0.39, 0.29) is 6.10 Å². The molecule has 1 saturated heterocycles. The largest absolute Gasteiger partial charge is 0.376 e. The third-order valence-corrected chi connectivity index (χ3v) is 3.67. The fourth-order valence-electron chi connectivity index (χ4n) is 2.42. The first-order chi connectivity index (χ1) is 10.6. The van der Waals surface area contributed by atoms with Crippen LogP contribution in [0.1, 0.15) is 38.7 Å². The van der Waals surface area contributed by atoms with Gasteiger partial charge in [0.05, 0.1) is 19.3 Å². The van der Waals surface area contributed by atoms with Gasteiger partial charge in [-0.1, -0.05) is 12.1 Å². The Kier molecular flexibility index (Phi) is 7.09. The molecule has 0 bridgehead atoms. The van der Waals surface area contributed by atoms with E-state index in [0.29, 0.717) is 24.4 Å². The summed E-state index contributed by atoms with van der Waals surface area (Å²) >= 11 is 5.26. The van der Waals surface area contributed by atoms with Crippen LogP contribution < -0.4 is 10.6 Å². The van der Waals surface area contributed by atoms with Gasteiger partial charge in [-0.25, -0.2) is 0 Å². The van der Waals surface area contributed by atoms with Gasteiger partial charge in [0.2, 0.25) is 0 Å². The predicted molar refractivity (Wildman–Crippen MR) is 94.2 cm³/mol. The Bertz CT molecular complexity index is 473. The molecule has 22 heavy (non-hydrogen) atoms. The van der Waals surface area contributed by atoms with Gasteiger partial charge in [-0.15, -0.1) is 0 Å².